The van der Waals surface area contributed by atoms with Crippen LogP contribution in [0, 0.1) is 0 Å². The lowest BCUT2D eigenvalue weighted by Crippen LogP contribution is -2.33. The summed E-state index contributed by atoms with van der Waals surface area (Å²) >= 11 is 1.67. The first kappa shape index (κ1) is 13.2. The predicted molar refractivity (Wildman–Crippen MR) is 65.5 cm³/mol. The third-order valence-corrected chi connectivity index (χ3v) is 3.06. The van der Waals surface area contributed by atoms with Gasteiger partial charge in [0.15, 0.2) is 0 Å². The van der Waals surface area contributed by atoms with Crippen molar-refractivity contribution in [2.75, 3.05) is 20.2 Å². The third-order valence-electron chi connectivity index (χ3n) is 2.33. The van der Waals surface area contributed by atoms with Crippen LogP contribution < -0.4 is 11.1 Å². The Bertz CT molecular complexity index is 297. The van der Waals surface area contributed by atoms with Gasteiger partial charge in [-0.15, -0.1) is 0 Å². The number of amides is 1. The highest BCUT2D eigenvalue weighted by atomic mass is 32.1. The molecule has 0 saturated carbocycles. The van der Waals surface area contributed by atoms with Crippen LogP contribution in [0.25, 0.3) is 0 Å². The van der Waals surface area contributed by atoms with Gasteiger partial charge in [-0.2, -0.15) is 11.3 Å². The lowest BCUT2D eigenvalue weighted by Gasteiger charge is -2.12. The second kappa shape index (κ2) is 7.38. The van der Waals surface area contributed by atoms with Gasteiger partial charge in [0.25, 0.3) is 0 Å². The number of carbonyl (C=O) groups is 1. The second-order valence-corrected chi connectivity index (χ2v) is 4.31. The Hall–Kier alpha value is -0.910. The Morgan fingerprint density at radius 1 is 1.69 bits per heavy atom. The highest BCUT2D eigenvalue weighted by Crippen LogP contribution is 2.05. The molecule has 0 saturated heterocycles. The summed E-state index contributed by atoms with van der Waals surface area (Å²) in [6.45, 7) is 1.03. The smallest absolute Gasteiger partial charge is 0.222 e. The molecule has 0 aliphatic heterocycles. The first-order chi connectivity index (χ1) is 7.76. The Kier molecular flexibility index (Phi) is 6.07. The van der Waals surface area contributed by atoms with Gasteiger partial charge in [0, 0.05) is 20.2 Å². The van der Waals surface area contributed by atoms with Crippen LogP contribution in [0.4, 0.5) is 0 Å². The first-order valence-corrected chi connectivity index (χ1v) is 6.21. The molecule has 1 aromatic rings. The summed E-state index contributed by atoms with van der Waals surface area (Å²) < 4.78 is 5.04. The van der Waals surface area contributed by atoms with E-state index < -0.39 is 0 Å². The summed E-state index contributed by atoms with van der Waals surface area (Å²) in [4.78, 5) is 11.5. The van der Waals surface area contributed by atoms with E-state index in [9.17, 15) is 4.79 Å². The van der Waals surface area contributed by atoms with Crippen molar-refractivity contribution in [3.8, 4) is 0 Å². The van der Waals surface area contributed by atoms with Gasteiger partial charge in [0.05, 0.1) is 12.5 Å². The Morgan fingerprint density at radius 3 is 3.06 bits per heavy atom. The van der Waals surface area contributed by atoms with E-state index in [4.69, 9.17) is 10.5 Å². The SMILES string of the molecule is COC(CN)CC(=O)NCCc1ccsc1. The number of carbonyl (C=O) groups excluding carboxylic acids is 1. The van der Waals surface area contributed by atoms with Crippen LogP contribution in [0.3, 0.4) is 0 Å². The van der Waals surface area contributed by atoms with Gasteiger partial charge in [-0.05, 0) is 28.8 Å². The van der Waals surface area contributed by atoms with Crippen molar-refractivity contribution in [2.24, 2.45) is 5.73 Å². The molecule has 0 bridgehead atoms. The minimum absolute atomic E-state index is 0.00692. The Labute approximate surface area is 99.8 Å². The predicted octanol–water partition coefficient (Wildman–Crippen LogP) is 0.771. The number of nitrogens with two attached hydrogens (primary N) is 1. The van der Waals surface area contributed by atoms with E-state index in [2.05, 4.69) is 16.8 Å². The molecule has 0 spiro atoms. The van der Waals surface area contributed by atoms with E-state index >= 15 is 0 Å². The molecule has 16 heavy (non-hydrogen) atoms. The molecule has 1 atom stereocenters. The fourth-order valence-electron chi connectivity index (χ4n) is 1.32. The molecule has 0 aromatic carbocycles. The van der Waals surface area contributed by atoms with Crippen molar-refractivity contribution in [3.05, 3.63) is 22.4 Å². The third kappa shape index (κ3) is 4.74. The van der Waals surface area contributed by atoms with E-state index in [1.54, 1.807) is 18.4 Å². The maximum absolute atomic E-state index is 11.5. The molecular weight excluding hydrogens is 224 g/mol. The molecule has 1 unspecified atom stereocenters. The highest BCUT2D eigenvalue weighted by Gasteiger charge is 2.10. The summed E-state index contributed by atoms with van der Waals surface area (Å²) in [5, 5.41) is 6.97. The maximum atomic E-state index is 11.5. The second-order valence-electron chi connectivity index (χ2n) is 3.53. The van der Waals surface area contributed by atoms with Crippen molar-refractivity contribution in [1.82, 2.24) is 5.32 Å². The number of methoxy groups -OCH3 is 1. The van der Waals surface area contributed by atoms with Crippen molar-refractivity contribution in [2.45, 2.75) is 18.9 Å². The van der Waals surface area contributed by atoms with Gasteiger partial charge >= 0.3 is 0 Å². The fraction of sp³-hybridized carbons (Fsp3) is 0.545. The molecule has 3 N–H and O–H groups in total. The quantitative estimate of drug-likeness (QED) is 0.742. The van der Waals surface area contributed by atoms with E-state index in [0.717, 1.165) is 6.42 Å². The average Bonchev–Trinajstić information content (AvgIpc) is 2.79. The summed E-state index contributed by atoms with van der Waals surface area (Å²) in [6, 6.07) is 2.06. The number of ether oxygens (including phenoxy) is 1. The van der Waals surface area contributed by atoms with Crippen LogP contribution in [0.2, 0.25) is 0 Å². The lowest BCUT2D eigenvalue weighted by atomic mass is 10.2. The van der Waals surface area contributed by atoms with Gasteiger partial charge in [0.2, 0.25) is 5.91 Å². The summed E-state index contributed by atoms with van der Waals surface area (Å²) in [7, 11) is 1.57. The minimum Gasteiger partial charge on any atom is -0.380 e. The number of nitrogens with one attached hydrogen (secondary N) is 1. The average molecular weight is 242 g/mol. The van der Waals surface area contributed by atoms with Crippen molar-refractivity contribution in [1.29, 1.82) is 0 Å². The van der Waals surface area contributed by atoms with Crippen LogP contribution in [0.1, 0.15) is 12.0 Å². The zero-order valence-electron chi connectivity index (χ0n) is 9.44. The Morgan fingerprint density at radius 2 is 2.50 bits per heavy atom. The first-order valence-electron chi connectivity index (χ1n) is 5.27. The molecule has 0 aliphatic rings. The van der Waals surface area contributed by atoms with E-state index in [1.165, 1.54) is 5.56 Å². The van der Waals surface area contributed by atoms with Crippen molar-refractivity contribution >= 4 is 17.2 Å². The molecule has 1 heterocycles. The van der Waals surface area contributed by atoms with Crippen LogP contribution in [-0.4, -0.2) is 32.2 Å². The number of hydrogen-bond acceptors (Lipinski definition) is 4. The van der Waals surface area contributed by atoms with Gasteiger partial charge in [-0.1, -0.05) is 0 Å². The van der Waals surface area contributed by atoms with Crippen LogP contribution >= 0.6 is 11.3 Å². The zero-order valence-corrected chi connectivity index (χ0v) is 10.3. The van der Waals surface area contributed by atoms with Crippen molar-refractivity contribution < 1.29 is 9.53 Å². The molecule has 1 aromatic heterocycles. The van der Waals surface area contributed by atoms with Gasteiger partial charge in [0.1, 0.15) is 0 Å². The van der Waals surface area contributed by atoms with Crippen LogP contribution in [0.15, 0.2) is 16.8 Å². The molecule has 0 fully saturated rings. The maximum Gasteiger partial charge on any atom is 0.222 e. The minimum atomic E-state index is -0.179. The molecule has 5 heteroatoms. The zero-order chi connectivity index (χ0) is 11.8. The summed E-state index contributed by atoms with van der Waals surface area (Å²) in [5.74, 6) is -0.00692. The lowest BCUT2D eigenvalue weighted by molar-refractivity contribution is -0.123. The number of thiophene rings is 1. The topological polar surface area (TPSA) is 64.3 Å². The van der Waals surface area contributed by atoms with Crippen LogP contribution in [-0.2, 0) is 16.0 Å². The molecular formula is C11H18N2O2S. The number of rotatable bonds is 7. The van der Waals surface area contributed by atoms with Gasteiger partial charge in [-0.25, -0.2) is 0 Å². The molecule has 0 radical (unpaired) electrons. The van der Waals surface area contributed by atoms with Crippen LogP contribution in [0.5, 0.6) is 0 Å². The standard InChI is InChI=1S/C11H18N2O2S/c1-15-10(7-12)6-11(14)13-4-2-9-3-5-16-8-9/h3,5,8,10H,2,4,6-7,12H2,1H3,(H,13,14). The van der Waals surface area contributed by atoms with E-state index in [1.807, 2.05) is 5.38 Å². The van der Waals surface area contributed by atoms with Gasteiger partial charge < -0.3 is 15.8 Å². The van der Waals surface area contributed by atoms with E-state index in [-0.39, 0.29) is 12.0 Å². The molecule has 0 aliphatic carbocycles. The normalized spacial score (nSPS) is 12.4. The summed E-state index contributed by atoms with van der Waals surface area (Å²) in [6.07, 6.45) is 1.02. The van der Waals surface area contributed by atoms with E-state index in [0.29, 0.717) is 19.5 Å². The molecule has 90 valence electrons. The number of hydrogen-bond donors (Lipinski definition) is 2. The molecule has 1 amide bonds. The molecule has 4 nitrogen and oxygen atoms in total. The monoisotopic (exact) mass is 242 g/mol. The Balaban J connectivity index is 2.15. The molecule has 1 rings (SSSR count). The summed E-state index contributed by atoms with van der Waals surface area (Å²) in [5.41, 5.74) is 6.69. The fourth-order valence-corrected chi connectivity index (χ4v) is 2.03. The highest BCUT2D eigenvalue weighted by molar-refractivity contribution is 7.07. The largest absolute Gasteiger partial charge is 0.380 e. The van der Waals surface area contributed by atoms with Gasteiger partial charge in [-0.3, -0.25) is 4.79 Å². The van der Waals surface area contributed by atoms with Crippen molar-refractivity contribution in [3.63, 3.8) is 0 Å².